The van der Waals surface area contributed by atoms with Crippen molar-refractivity contribution < 1.29 is 4.42 Å². The number of nitrogens with zero attached hydrogens (tertiary/aromatic N) is 4. The molecule has 0 unspecified atom stereocenters. The zero-order chi connectivity index (χ0) is 52.9. The molecule has 0 spiro atoms. The van der Waals surface area contributed by atoms with Crippen molar-refractivity contribution >= 4 is 279 Å². The van der Waals surface area contributed by atoms with Gasteiger partial charge in [0.15, 0.2) is 17.5 Å². The number of furan rings is 1. The van der Waals surface area contributed by atoms with Crippen LogP contribution in [0, 0.1) is 0 Å². The summed E-state index contributed by atoms with van der Waals surface area (Å²) in [4.78, 5) is 17.9. The quantitative estimate of drug-likeness (QED) is 0.142. The van der Waals surface area contributed by atoms with Gasteiger partial charge in [0.1, 0.15) is 152 Å². The summed E-state index contributed by atoms with van der Waals surface area (Å²) >= 11 is 0. The zero-order valence-corrected chi connectivity index (χ0v) is 46.9. The maximum absolute atomic E-state index is 6.83. The van der Waals surface area contributed by atoms with Crippen LogP contribution in [0.15, 0.2) is 101 Å². The second-order valence-corrected chi connectivity index (χ2v) is 21.3. The van der Waals surface area contributed by atoms with E-state index >= 15 is 0 Å². The second-order valence-electron chi connectivity index (χ2n) is 21.3. The summed E-state index contributed by atoms with van der Waals surface area (Å²) in [7, 11) is 41.8. The van der Waals surface area contributed by atoms with E-state index in [0.717, 1.165) is 44.2 Å². The van der Waals surface area contributed by atoms with Crippen molar-refractivity contribution in [1.29, 1.82) is 0 Å². The van der Waals surface area contributed by atoms with Crippen molar-refractivity contribution in [2.45, 2.75) is 0 Å². The lowest BCUT2D eigenvalue weighted by Crippen LogP contribution is -2.59. The van der Waals surface area contributed by atoms with Crippen molar-refractivity contribution in [1.82, 2.24) is 15.0 Å². The fourth-order valence-electron chi connectivity index (χ4n) is 12.2. The second kappa shape index (κ2) is 19.3. The molecular formula is C51H52B18N4O. The minimum absolute atomic E-state index is 0.605. The molecule has 5 nitrogen and oxygen atoms in total. The van der Waals surface area contributed by atoms with Gasteiger partial charge in [-0.1, -0.05) is 155 Å². The van der Waals surface area contributed by atoms with Crippen LogP contribution in [0.3, 0.4) is 0 Å². The molecule has 0 N–H and O–H groups in total. The van der Waals surface area contributed by atoms with Gasteiger partial charge >= 0.3 is 0 Å². The average Bonchev–Trinajstić information content (AvgIpc) is 3.79. The Morgan fingerprint density at radius 3 is 1.11 bits per heavy atom. The fourth-order valence-corrected chi connectivity index (χ4v) is 12.2. The molecule has 8 aromatic carbocycles. The van der Waals surface area contributed by atoms with Crippen molar-refractivity contribution in [2.75, 3.05) is 4.90 Å². The average molecular weight is 932 g/mol. The number of anilines is 3. The number of benzene rings is 8. The Morgan fingerprint density at radius 2 is 0.662 bits per heavy atom. The van der Waals surface area contributed by atoms with Crippen molar-refractivity contribution in [3.05, 3.63) is 97.1 Å². The minimum Gasteiger partial charge on any atom is -0.456 e. The third-order valence-electron chi connectivity index (χ3n) is 17.8. The van der Waals surface area contributed by atoms with Gasteiger partial charge in [-0.3, -0.25) is 0 Å². The first-order valence-corrected chi connectivity index (χ1v) is 26.2. The van der Waals surface area contributed by atoms with E-state index in [0.29, 0.717) is 17.5 Å². The lowest BCUT2D eigenvalue weighted by molar-refractivity contribution is 0.669. The molecule has 2 heterocycles. The van der Waals surface area contributed by atoms with Crippen LogP contribution in [0.25, 0.3) is 78.4 Å². The molecule has 74 heavy (non-hydrogen) atoms. The summed E-state index contributed by atoms with van der Waals surface area (Å²) in [6.07, 6.45) is 0. The summed E-state index contributed by atoms with van der Waals surface area (Å²) in [5.41, 5.74) is 37.3. The fraction of sp³-hybridized carbons (Fsp3) is 0. The third-order valence-corrected chi connectivity index (χ3v) is 17.8. The van der Waals surface area contributed by atoms with Crippen LogP contribution in [0.5, 0.6) is 0 Å². The number of fused-ring (bicyclic) bond motifs is 3. The number of rotatable bonds is 8. The molecule has 0 aliphatic carbocycles. The topological polar surface area (TPSA) is 55.1 Å². The van der Waals surface area contributed by atoms with Gasteiger partial charge in [-0.25, -0.2) is 15.0 Å². The van der Waals surface area contributed by atoms with Crippen LogP contribution in [-0.2, 0) is 0 Å². The summed E-state index contributed by atoms with van der Waals surface area (Å²) < 4.78 is 6.83. The molecule has 0 aliphatic heterocycles. The third kappa shape index (κ3) is 8.02. The van der Waals surface area contributed by atoms with Crippen LogP contribution >= 0.6 is 0 Å². The Balaban J connectivity index is 1.17. The van der Waals surface area contributed by atoms with Gasteiger partial charge in [0.05, 0.1) is 0 Å². The van der Waals surface area contributed by atoms with E-state index in [-0.39, 0.29) is 0 Å². The van der Waals surface area contributed by atoms with Crippen LogP contribution < -0.4 is 103 Å². The molecule has 0 saturated heterocycles. The van der Waals surface area contributed by atoms with E-state index in [2.05, 4.69) is 170 Å². The molecule has 10 rings (SSSR count). The maximum atomic E-state index is 6.83. The Labute approximate surface area is 453 Å². The van der Waals surface area contributed by atoms with Crippen molar-refractivity contribution in [2.24, 2.45) is 0 Å². The molecule has 10 aromatic rings. The standard InChI is InChI=1S/C51H52B18N4O/c52-28-24(19-14-15-20-23(16-19)74-22-13-7-12-21(25(20)22)51-71-49(17-8-3-1-4-9-17)70-50(72-51)18-10-5-2-6-11-18)29(53)41(65)46(40(28)64)73(48-44(68)38(62)37(61)39(63)45(48)69)47-42(66)32(56)27(33(57)43(47)67)26-30(54)34(58)36(60)35(59)31(26)55/h1-16H,52-69H2. The van der Waals surface area contributed by atoms with Gasteiger partial charge in [-0.2, -0.15) is 0 Å². The van der Waals surface area contributed by atoms with E-state index in [9.17, 15) is 0 Å². The van der Waals surface area contributed by atoms with Gasteiger partial charge in [0.2, 0.25) is 0 Å². The molecule has 0 saturated carbocycles. The van der Waals surface area contributed by atoms with Gasteiger partial charge in [-0.05, 0) is 40.5 Å². The van der Waals surface area contributed by atoms with Crippen LogP contribution in [0.4, 0.5) is 17.1 Å². The largest absolute Gasteiger partial charge is 0.456 e. The molecule has 0 bridgehead atoms. The van der Waals surface area contributed by atoms with Crippen LogP contribution in [-0.4, -0.2) is 156 Å². The summed E-state index contributed by atoms with van der Waals surface area (Å²) in [5.74, 6) is 1.86. The van der Waals surface area contributed by atoms with E-state index in [1.54, 1.807) is 0 Å². The molecule has 0 radical (unpaired) electrons. The maximum Gasteiger partial charge on any atom is 0.164 e. The first kappa shape index (κ1) is 51.0. The smallest absolute Gasteiger partial charge is 0.164 e. The Hall–Kier alpha value is -6.46. The summed E-state index contributed by atoms with van der Waals surface area (Å²) in [6, 6.07) is 33.2. The van der Waals surface area contributed by atoms with Crippen molar-refractivity contribution in [3.8, 4) is 56.4 Å². The normalized spacial score (nSPS) is 11.4. The molecule has 0 fully saturated rings. The summed E-state index contributed by atoms with van der Waals surface area (Å²) in [6.45, 7) is 0. The Morgan fingerprint density at radius 1 is 0.297 bits per heavy atom. The van der Waals surface area contributed by atoms with Gasteiger partial charge in [0, 0.05) is 44.5 Å². The van der Waals surface area contributed by atoms with E-state index in [1.165, 1.54) is 132 Å². The zero-order valence-electron chi connectivity index (χ0n) is 46.9. The monoisotopic (exact) mass is 935 g/mol. The van der Waals surface area contributed by atoms with Crippen LogP contribution in [0.1, 0.15) is 0 Å². The molecule has 336 valence electrons. The molecule has 0 aliphatic rings. The predicted molar refractivity (Wildman–Crippen MR) is 376 cm³/mol. The Bertz CT molecular complexity index is 3850. The Kier molecular flexibility index (Phi) is 13.3. The van der Waals surface area contributed by atoms with Crippen molar-refractivity contribution in [3.63, 3.8) is 0 Å². The number of hydrogen-bond acceptors (Lipinski definition) is 5. The lowest BCUT2D eigenvalue weighted by atomic mass is 9.56. The first-order chi connectivity index (χ1) is 35.2. The number of hydrogen-bond donors (Lipinski definition) is 0. The predicted octanol–water partition coefficient (Wildman–Crippen LogP) is -17.8. The molecule has 23 heteroatoms. The molecular weight excluding hydrogens is 879 g/mol. The van der Waals surface area contributed by atoms with E-state index in [4.69, 9.17) is 19.4 Å². The molecule has 2 aromatic heterocycles. The van der Waals surface area contributed by atoms with Gasteiger partial charge in [0.25, 0.3) is 0 Å². The highest BCUT2D eigenvalue weighted by Gasteiger charge is 2.30. The van der Waals surface area contributed by atoms with Gasteiger partial charge in [-0.15, -0.1) is 21.9 Å². The molecule has 0 amide bonds. The van der Waals surface area contributed by atoms with E-state index in [1.807, 2.05) is 72.8 Å². The van der Waals surface area contributed by atoms with Crippen LogP contribution in [0.2, 0.25) is 0 Å². The molecule has 0 atom stereocenters. The minimum atomic E-state index is 0.605. The highest BCUT2D eigenvalue weighted by Crippen LogP contribution is 2.38. The first-order valence-electron chi connectivity index (χ1n) is 26.2. The highest BCUT2D eigenvalue weighted by molar-refractivity contribution is 6.73. The van der Waals surface area contributed by atoms with E-state index < -0.39 is 0 Å². The highest BCUT2D eigenvalue weighted by atomic mass is 16.3. The van der Waals surface area contributed by atoms with Gasteiger partial charge < -0.3 is 9.32 Å². The number of aromatic nitrogens is 3. The summed E-state index contributed by atoms with van der Waals surface area (Å²) in [5, 5.41) is 2.01. The SMILES string of the molecule is Bc1c(B)c(B)c(-c2c(B)c(B)c(N(c3c(B)c(B)c(B)c(B)c3B)c3c(B)c(B)c(-c4ccc5c(c4)oc4cccc(-c6nc(-c7ccccc7)nc(-c7ccccc7)n6)c45)c(B)c3B)c(B)c2B)c(B)c1B. The lowest BCUT2D eigenvalue weighted by Gasteiger charge is -2.39.